The monoisotopic (exact) mass is 568 g/mol. The lowest BCUT2D eigenvalue weighted by molar-refractivity contribution is -0.0000152. The van der Waals surface area contributed by atoms with Gasteiger partial charge in [0.1, 0.15) is 11.5 Å². The number of unbranched alkanes of at least 4 members (excludes halogenated alkanes) is 18. The maximum Gasteiger partial charge on any atom is 0.211 e. The topological polar surface area (TPSA) is 17.1 Å². The van der Waals surface area contributed by atoms with E-state index in [-0.39, 0.29) is 27.9 Å². The normalized spacial score (nSPS) is 11.1. The van der Waals surface area contributed by atoms with Crippen molar-refractivity contribution in [1.29, 1.82) is 0 Å². The van der Waals surface area contributed by atoms with Crippen molar-refractivity contribution < 1.29 is 21.8 Å². The van der Waals surface area contributed by atoms with Gasteiger partial charge in [-0.3, -0.25) is 4.79 Å². The maximum absolute atomic E-state index is 12.8. The van der Waals surface area contributed by atoms with Crippen LogP contribution in [-0.4, -0.2) is 23.0 Å². The lowest BCUT2D eigenvalue weighted by atomic mass is 10.1. The van der Waals surface area contributed by atoms with E-state index >= 15 is 0 Å². The van der Waals surface area contributed by atoms with Gasteiger partial charge in [0, 0.05) is 5.56 Å². The number of carbonyl (C=O) groups excluding carboxylic acids is 1. The molecule has 0 atom stereocenters. The molecule has 204 valence electrons. The second-order valence-electron chi connectivity index (χ2n) is 10.3. The van der Waals surface area contributed by atoms with Crippen LogP contribution in [0.3, 0.4) is 0 Å². The first kappa shape index (κ1) is 34.7. The van der Waals surface area contributed by atoms with Crippen LogP contribution in [0.4, 0.5) is 0 Å². The second-order valence-corrected chi connectivity index (χ2v) is 12.6. The SMILES string of the molecule is CCCCCCCCCCCC[S+](CCCCCCCCCCCC)CC(=O)c1ccccc1.[Br-]. The summed E-state index contributed by atoms with van der Waals surface area (Å²) in [5.41, 5.74) is 0.908. The summed E-state index contributed by atoms with van der Waals surface area (Å²) in [5, 5.41) is 0. The number of halogens is 1. The molecule has 0 aromatic heterocycles. The van der Waals surface area contributed by atoms with E-state index in [2.05, 4.69) is 13.8 Å². The first-order chi connectivity index (χ1) is 16.8. The van der Waals surface area contributed by atoms with E-state index in [1.165, 1.54) is 140 Å². The maximum atomic E-state index is 12.8. The van der Waals surface area contributed by atoms with Crippen molar-refractivity contribution in [2.75, 3.05) is 17.3 Å². The summed E-state index contributed by atoms with van der Waals surface area (Å²) in [5.74, 6) is 3.68. The number of Topliss-reactive ketones (excluding diaryl/α,β-unsaturated/α-hetero) is 1. The molecule has 0 saturated heterocycles. The van der Waals surface area contributed by atoms with Crippen LogP contribution in [0.2, 0.25) is 0 Å². The van der Waals surface area contributed by atoms with E-state index in [0.29, 0.717) is 5.78 Å². The van der Waals surface area contributed by atoms with Gasteiger partial charge in [-0.2, -0.15) is 0 Å². The lowest BCUT2D eigenvalue weighted by Gasteiger charge is -2.09. The standard InChI is InChI=1S/C32H57OS.BrH/c1-3-5-7-9-11-13-15-17-19-24-28-34(30-32(33)31-26-22-21-23-27-31)29-25-20-18-16-14-12-10-8-6-4-2;/h21-23,26-27H,3-20,24-25,28-30H2,1-2H3;1H/q+1;/p-1. The molecular formula is C32H57BrOS. The quantitative estimate of drug-likeness (QED) is 0.0685. The molecule has 1 aromatic carbocycles. The van der Waals surface area contributed by atoms with Crippen molar-refractivity contribution in [3.05, 3.63) is 35.9 Å². The summed E-state index contributed by atoms with van der Waals surface area (Å²) >= 11 is 0. The number of hydrogen-bond acceptors (Lipinski definition) is 1. The van der Waals surface area contributed by atoms with Crippen LogP contribution in [0.25, 0.3) is 0 Å². The Kier molecular flexibility index (Phi) is 26.6. The van der Waals surface area contributed by atoms with Crippen molar-refractivity contribution in [3.63, 3.8) is 0 Å². The molecule has 0 aliphatic rings. The molecule has 3 heteroatoms. The number of ketones is 1. The Balaban J connectivity index is 0.0000116. The van der Waals surface area contributed by atoms with Crippen molar-refractivity contribution in [3.8, 4) is 0 Å². The number of rotatable bonds is 25. The van der Waals surface area contributed by atoms with Crippen LogP contribution >= 0.6 is 0 Å². The third-order valence-electron chi connectivity index (χ3n) is 7.00. The third-order valence-corrected chi connectivity index (χ3v) is 9.41. The third kappa shape index (κ3) is 21.5. The van der Waals surface area contributed by atoms with Gasteiger partial charge in [0.2, 0.25) is 5.78 Å². The molecule has 0 aliphatic heterocycles. The molecule has 0 radical (unpaired) electrons. The van der Waals surface area contributed by atoms with E-state index in [1.807, 2.05) is 30.3 Å². The van der Waals surface area contributed by atoms with Crippen LogP contribution < -0.4 is 17.0 Å². The van der Waals surface area contributed by atoms with E-state index in [9.17, 15) is 4.79 Å². The highest BCUT2D eigenvalue weighted by Crippen LogP contribution is 2.15. The van der Waals surface area contributed by atoms with Crippen molar-refractivity contribution in [2.24, 2.45) is 0 Å². The molecule has 0 unspecified atom stereocenters. The van der Waals surface area contributed by atoms with Crippen molar-refractivity contribution in [1.82, 2.24) is 0 Å². The summed E-state index contributed by atoms with van der Waals surface area (Å²) in [6.45, 7) is 4.58. The van der Waals surface area contributed by atoms with Gasteiger partial charge in [-0.05, 0) is 36.6 Å². The summed E-state index contributed by atoms with van der Waals surface area (Å²) in [6.07, 6.45) is 27.8. The summed E-state index contributed by atoms with van der Waals surface area (Å²) in [4.78, 5) is 12.8. The molecule has 1 rings (SSSR count). The molecule has 0 heterocycles. The van der Waals surface area contributed by atoms with Gasteiger partial charge in [-0.15, -0.1) is 0 Å². The highest BCUT2D eigenvalue weighted by molar-refractivity contribution is 7.97. The van der Waals surface area contributed by atoms with E-state index in [1.54, 1.807) is 0 Å². The summed E-state index contributed by atoms with van der Waals surface area (Å²) in [7, 11) is 0.270. The minimum atomic E-state index is 0. The second kappa shape index (κ2) is 26.8. The molecule has 0 bridgehead atoms. The molecule has 35 heavy (non-hydrogen) atoms. The Hall–Kier alpha value is -0.280. The first-order valence-corrected chi connectivity index (χ1v) is 16.7. The molecule has 0 fully saturated rings. The predicted octanol–water partition coefficient (Wildman–Crippen LogP) is 7.33. The Morgan fingerprint density at radius 1 is 0.543 bits per heavy atom. The Labute approximate surface area is 233 Å². The number of hydrogen-bond donors (Lipinski definition) is 0. The average molecular weight is 570 g/mol. The molecule has 1 nitrogen and oxygen atoms in total. The fourth-order valence-corrected chi connectivity index (χ4v) is 6.98. The zero-order valence-electron chi connectivity index (χ0n) is 23.3. The smallest absolute Gasteiger partial charge is 0.211 e. The predicted molar refractivity (Wildman–Crippen MR) is 156 cm³/mol. The van der Waals surface area contributed by atoms with E-state index in [0.717, 1.165) is 11.3 Å². The number of benzene rings is 1. The van der Waals surface area contributed by atoms with Crippen LogP contribution in [0.5, 0.6) is 0 Å². The first-order valence-electron chi connectivity index (χ1n) is 15.0. The van der Waals surface area contributed by atoms with Gasteiger partial charge >= 0.3 is 0 Å². The fraction of sp³-hybridized carbons (Fsp3) is 0.781. The highest BCUT2D eigenvalue weighted by Gasteiger charge is 2.22. The lowest BCUT2D eigenvalue weighted by Crippen LogP contribution is -3.00. The van der Waals surface area contributed by atoms with Crippen LogP contribution in [0.15, 0.2) is 30.3 Å². The summed E-state index contributed by atoms with van der Waals surface area (Å²) < 4.78 is 0. The Morgan fingerprint density at radius 2 is 0.886 bits per heavy atom. The molecule has 0 aliphatic carbocycles. The molecule has 0 amide bonds. The zero-order chi connectivity index (χ0) is 24.5. The molecule has 0 saturated carbocycles. The van der Waals surface area contributed by atoms with E-state index in [4.69, 9.17) is 0 Å². The zero-order valence-corrected chi connectivity index (χ0v) is 25.7. The van der Waals surface area contributed by atoms with Gasteiger partial charge in [0.25, 0.3) is 0 Å². The Bertz CT molecular complexity index is 538. The van der Waals surface area contributed by atoms with Crippen LogP contribution in [-0.2, 0) is 10.9 Å². The van der Waals surface area contributed by atoms with Gasteiger partial charge < -0.3 is 17.0 Å². The molecule has 0 spiro atoms. The minimum absolute atomic E-state index is 0. The van der Waals surface area contributed by atoms with Crippen LogP contribution in [0.1, 0.15) is 153 Å². The minimum Gasteiger partial charge on any atom is -1.00 e. The van der Waals surface area contributed by atoms with E-state index < -0.39 is 0 Å². The van der Waals surface area contributed by atoms with Gasteiger partial charge in [-0.25, -0.2) is 0 Å². The Morgan fingerprint density at radius 3 is 1.26 bits per heavy atom. The van der Waals surface area contributed by atoms with Crippen LogP contribution in [0, 0.1) is 0 Å². The average Bonchev–Trinajstić information content (AvgIpc) is 2.86. The molecule has 0 N–H and O–H groups in total. The molecular weight excluding hydrogens is 512 g/mol. The fourth-order valence-electron chi connectivity index (χ4n) is 4.73. The van der Waals surface area contributed by atoms with Crippen molar-refractivity contribution >= 4 is 16.7 Å². The largest absolute Gasteiger partial charge is 1.00 e. The molecule has 1 aromatic rings. The highest BCUT2D eigenvalue weighted by atomic mass is 79.9. The van der Waals surface area contributed by atoms with Gasteiger partial charge in [0.05, 0.1) is 0 Å². The summed E-state index contributed by atoms with van der Waals surface area (Å²) in [6, 6.07) is 9.98. The number of carbonyl (C=O) groups is 1. The van der Waals surface area contributed by atoms with Gasteiger partial charge in [0.15, 0.2) is 5.75 Å². The van der Waals surface area contributed by atoms with Gasteiger partial charge in [-0.1, -0.05) is 147 Å². The van der Waals surface area contributed by atoms with Crippen molar-refractivity contribution in [2.45, 2.75) is 142 Å².